The van der Waals surface area contributed by atoms with Crippen molar-refractivity contribution in [2.75, 3.05) is 0 Å². The fourth-order valence-corrected chi connectivity index (χ4v) is 1.32. The molecule has 0 aliphatic heterocycles. The maximum atomic E-state index is 11.1. The first-order chi connectivity index (χ1) is 6.31. The van der Waals surface area contributed by atoms with Gasteiger partial charge in [0.05, 0.1) is 0 Å². The number of aromatic amines is 1. The first-order valence-electron chi connectivity index (χ1n) is 3.90. The molecule has 0 amide bonds. The van der Waals surface area contributed by atoms with Gasteiger partial charge in [-0.15, -0.1) is 6.42 Å². The third kappa shape index (κ3) is 1.21. The molecule has 0 saturated heterocycles. The second kappa shape index (κ2) is 2.80. The maximum Gasteiger partial charge on any atom is 0.249 e. The summed E-state index contributed by atoms with van der Waals surface area (Å²) < 4.78 is 0. The van der Waals surface area contributed by atoms with Gasteiger partial charge in [0.1, 0.15) is 0 Å². The van der Waals surface area contributed by atoms with Crippen molar-refractivity contribution < 1.29 is 0 Å². The molecule has 0 bridgehead atoms. The summed E-state index contributed by atoms with van der Waals surface area (Å²) in [4.78, 5) is 13.8. The molecule has 1 heterocycles. The largest absolute Gasteiger partial charge is 0.322 e. The van der Waals surface area contributed by atoms with Gasteiger partial charge in [-0.05, 0) is 6.07 Å². The molecule has 1 aromatic heterocycles. The van der Waals surface area contributed by atoms with Gasteiger partial charge in [-0.1, -0.05) is 24.1 Å². The van der Waals surface area contributed by atoms with E-state index in [0.29, 0.717) is 5.56 Å². The molecule has 1 aromatic carbocycles. The molecule has 0 spiro atoms. The van der Waals surface area contributed by atoms with E-state index in [4.69, 9.17) is 6.42 Å². The summed E-state index contributed by atoms with van der Waals surface area (Å²) in [5.74, 6) is 2.49. The molecule has 2 aromatic rings. The molecule has 0 fully saturated rings. The van der Waals surface area contributed by atoms with E-state index < -0.39 is 0 Å². The summed E-state index contributed by atoms with van der Waals surface area (Å²) in [6, 6.07) is 8.90. The van der Waals surface area contributed by atoms with Crippen LogP contribution in [0.2, 0.25) is 0 Å². The van der Waals surface area contributed by atoms with Gasteiger partial charge >= 0.3 is 0 Å². The molecule has 0 saturated carbocycles. The Hall–Kier alpha value is -2.01. The molecule has 1 N–H and O–H groups in total. The minimum atomic E-state index is -0.161. The van der Waals surface area contributed by atoms with Crippen LogP contribution in [0.3, 0.4) is 0 Å². The fourth-order valence-electron chi connectivity index (χ4n) is 1.32. The topological polar surface area (TPSA) is 32.9 Å². The van der Waals surface area contributed by atoms with E-state index in [1.807, 2.05) is 24.3 Å². The van der Waals surface area contributed by atoms with Crippen LogP contribution in [0.25, 0.3) is 10.9 Å². The number of fused-ring (bicyclic) bond motifs is 1. The number of H-pyrrole nitrogens is 1. The Morgan fingerprint density at radius 1 is 1.31 bits per heavy atom. The molecule has 2 nitrogen and oxygen atoms in total. The number of pyridine rings is 1. The van der Waals surface area contributed by atoms with Crippen molar-refractivity contribution >= 4 is 10.9 Å². The van der Waals surface area contributed by atoms with Crippen LogP contribution in [0.4, 0.5) is 0 Å². The predicted molar refractivity (Wildman–Crippen MR) is 52.5 cm³/mol. The fraction of sp³-hybridized carbons (Fsp3) is 0. The van der Waals surface area contributed by atoms with Crippen molar-refractivity contribution in [2.45, 2.75) is 0 Å². The number of hydrogen-bond acceptors (Lipinski definition) is 1. The molecular weight excluding hydrogens is 162 g/mol. The van der Waals surface area contributed by atoms with E-state index in [2.05, 4.69) is 10.9 Å². The van der Waals surface area contributed by atoms with Crippen LogP contribution in [-0.4, -0.2) is 4.98 Å². The third-order valence-corrected chi connectivity index (χ3v) is 1.91. The van der Waals surface area contributed by atoms with E-state index in [0.717, 1.165) is 10.9 Å². The van der Waals surface area contributed by atoms with Gasteiger partial charge in [-0.2, -0.15) is 0 Å². The molecule has 0 aliphatic rings. The standard InChI is InChI=1S/C11H7NO/c1-2-8-7-11(13)12-10-6-4-3-5-9(8)10/h1,3-7H,(H,12,13). The molecule has 0 atom stereocenters. The van der Waals surface area contributed by atoms with Crippen molar-refractivity contribution in [1.29, 1.82) is 0 Å². The van der Waals surface area contributed by atoms with Gasteiger partial charge in [0, 0.05) is 22.5 Å². The molecule has 0 unspecified atom stereocenters. The number of rotatable bonds is 0. The van der Waals surface area contributed by atoms with Gasteiger partial charge < -0.3 is 4.98 Å². The normalized spacial score (nSPS) is 9.77. The summed E-state index contributed by atoms with van der Waals surface area (Å²) in [7, 11) is 0. The SMILES string of the molecule is C#Cc1cc(=O)[nH]c2ccccc12. The number of hydrogen-bond donors (Lipinski definition) is 1. The van der Waals surface area contributed by atoms with Gasteiger partial charge in [-0.25, -0.2) is 0 Å². The number of benzene rings is 1. The van der Waals surface area contributed by atoms with E-state index in [1.54, 1.807) is 0 Å². The molecular formula is C11H7NO. The molecule has 62 valence electrons. The smallest absolute Gasteiger partial charge is 0.249 e. The van der Waals surface area contributed by atoms with Crippen LogP contribution in [-0.2, 0) is 0 Å². The van der Waals surface area contributed by atoms with Crippen molar-refractivity contribution in [2.24, 2.45) is 0 Å². The Balaban J connectivity index is 3.00. The van der Waals surface area contributed by atoms with Gasteiger partial charge in [0.2, 0.25) is 5.56 Å². The Morgan fingerprint density at radius 2 is 2.08 bits per heavy atom. The summed E-state index contributed by atoms with van der Waals surface area (Å²) in [6.07, 6.45) is 5.28. The lowest BCUT2D eigenvalue weighted by Gasteiger charge is -1.98. The Labute approximate surface area is 75.2 Å². The molecule has 0 aliphatic carbocycles. The summed E-state index contributed by atoms with van der Waals surface area (Å²) in [6.45, 7) is 0. The zero-order valence-electron chi connectivity index (χ0n) is 6.87. The second-order valence-electron chi connectivity index (χ2n) is 2.74. The van der Waals surface area contributed by atoms with Gasteiger partial charge in [0.25, 0.3) is 0 Å². The Bertz CT molecular complexity index is 546. The monoisotopic (exact) mass is 169 g/mol. The average molecular weight is 169 g/mol. The van der Waals surface area contributed by atoms with E-state index >= 15 is 0 Å². The second-order valence-corrected chi connectivity index (χ2v) is 2.74. The van der Waals surface area contributed by atoms with Crippen molar-refractivity contribution in [3.8, 4) is 12.3 Å². The molecule has 0 radical (unpaired) electrons. The Morgan fingerprint density at radius 3 is 2.85 bits per heavy atom. The average Bonchev–Trinajstić information content (AvgIpc) is 2.16. The van der Waals surface area contributed by atoms with Crippen molar-refractivity contribution in [3.63, 3.8) is 0 Å². The van der Waals surface area contributed by atoms with E-state index in [1.165, 1.54) is 6.07 Å². The van der Waals surface area contributed by atoms with Crippen LogP contribution in [0.5, 0.6) is 0 Å². The number of terminal acetylenes is 1. The van der Waals surface area contributed by atoms with Gasteiger partial charge in [-0.3, -0.25) is 4.79 Å². The highest BCUT2D eigenvalue weighted by molar-refractivity contribution is 5.84. The van der Waals surface area contributed by atoms with Crippen LogP contribution in [0, 0.1) is 12.3 Å². The Kier molecular flexibility index (Phi) is 1.64. The lowest BCUT2D eigenvalue weighted by atomic mass is 10.1. The number of nitrogens with one attached hydrogen (secondary N) is 1. The summed E-state index contributed by atoms with van der Waals surface area (Å²) in [5, 5.41) is 0.907. The maximum absolute atomic E-state index is 11.1. The highest BCUT2D eigenvalue weighted by atomic mass is 16.1. The van der Waals surface area contributed by atoms with Crippen LogP contribution in [0.1, 0.15) is 5.56 Å². The highest BCUT2D eigenvalue weighted by Crippen LogP contribution is 2.12. The minimum absolute atomic E-state index is 0.161. The zero-order chi connectivity index (χ0) is 9.26. The zero-order valence-corrected chi connectivity index (χ0v) is 6.87. The van der Waals surface area contributed by atoms with Crippen LogP contribution in [0.15, 0.2) is 35.1 Å². The van der Waals surface area contributed by atoms with Crippen LogP contribution < -0.4 is 5.56 Å². The first kappa shape index (κ1) is 7.63. The number of para-hydroxylation sites is 1. The number of aromatic nitrogens is 1. The van der Waals surface area contributed by atoms with Crippen molar-refractivity contribution in [1.82, 2.24) is 4.98 Å². The highest BCUT2D eigenvalue weighted by Gasteiger charge is 1.98. The van der Waals surface area contributed by atoms with E-state index in [-0.39, 0.29) is 5.56 Å². The third-order valence-electron chi connectivity index (χ3n) is 1.91. The van der Waals surface area contributed by atoms with Crippen LogP contribution >= 0.6 is 0 Å². The summed E-state index contributed by atoms with van der Waals surface area (Å²) in [5.41, 5.74) is 1.26. The lowest BCUT2D eigenvalue weighted by Crippen LogP contribution is -2.04. The summed E-state index contributed by atoms with van der Waals surface area (Å²) >= 11 is 0. The lowest BCUT2D eigenvalue weighted by molar-refractivity contribution is 1.30. The predicted octanol–water partition coefficient (Wildman–Crippen LogP) is 1.51. The molecule has 13 heavy (non-hydrogen) atoms. The first-order valence-corrected chi connectivity index (χ1v) is 3.90. The van der Waals surface area contributed by atoms with E-state index in [9.17, 15) is 4.79 Å². The minimum Gasteiger partial charge on any atom is -0.322 e. The quantitative estimate of drug-likeness (QED) is 0.596. The molecule has 2 heteroatoms. The molecule has 2 rings (SSSR count). The van der Waals surface area contributed by atoms with Gasteiger partial charge in [0.15, 0.2) is 0 Å². The van der Waals surface area contributed by atoms with Crippen molar-refractivity contribution in [3.05, 3.63) is 46.2 Å².